The number of esters is 1. The van der Waals surface area contributed by atoms with Gasteiger partial charge in [0.1, 0.15) is 5.75 Å². The Kier molecular flexibility index (Phi) is 6.44. The Morgan fingerprint density at radius 1 is 1.24 bits per heavy atom. The van der Waals surface area contributed by atoms with E-state index in [1.807, 2.05) is 13.0 Å². The number of halogens is 1. The molecule has 5 nitrogen and oxygen atoms in total. The summed E-state index contributed by atoms with van der Waals surface area (Å²) in [6.07, 6.45) is 2.97. The van der Waals surface area contributed by atoms with Crippen molar-refractivity contribution in [1.29, 1.82) is 5.26 Å². The van der Waals surface area contributed by atoms with Crippen LogP contribution in [0.15, 0.2) is 42.5 Å². The average molecular weight is 358 g/mol. The zero-order valence-corrected chi connectivity index (χ0v) is 14.5. The van der Waals surface area contributed by atoms with Crippen molar-refractivity contribution in [3.63, 3.8) is 0 Å². The van der Waals surface area contributed by atoms with Crippen molar-refractivity contribution < 1.29 is 19.0 Å². The topological polar surface area (TPSA) is 68.5 Å². The van der Waals surface area contributed by atoms with Crippen molar-refractivity contribution >= 4 is 23.6 Å². The monoisotopic (exact) mass is 357 g/mol. The normalized spacial score (nSPS) is 10.3. The van der Waals surface area contributed by atoms with Crippen LogP contribution in [0, 0.1) is 18.3 Å². The Balaban J connectivity index is 2.01. The highest BCUT2D eigenvalue weighted by Gasteiger charge is 2.11. The van der Waals surface area contributed by atoms with Crippen LogP contribution >= 0.6 is 11.6 Å². The largest absolute Gasteiger partial charge is 0.493 e. The molecule has 0 aliphatic rings. The number of allylic oxidation sites excluding steroid dienone is 1. The van der Waals surface area contributed by atoms with Crippen LogP contribution in [0.5, 0.6) is 17.2 Å². The molecular weight excluding hydrogens is 342 g/mol. The molecule has 0 aromatic heterocycles. The first-order valence-corrected chi connectivity index (χ1v) is 7.75. The minimum atomic E-state index is -0.564. The van der Waals surface area contributed by atoms with Crippen molar-refractivity contribution in [2.75, 3.05) is 13.7 Å². The van der Waals surface area contributed by atoms with Gasteiger partial charge >= 0.3 is 5.97 Å². The number of carbonyl (C=O) groups excluding carboxylic acids is 1. The standard InChI is InChI=1S/C19H16ClNO4/c1-13-10-15(6-7-16(13)20)24-12-19(22)25-17-8-5-14(4-3-9-21)11-18(17)23-2/h3-8,10-11H,12H2,1-2H3/b4-3-. The van der Waals surface area contributed by atoms with E-state index in [0.29, 0.717) is 16.5 Å². The molecule has 2 aromatic carbocycles. The molecule has 0 heterocycles. The zero-order chi connectivity index (χ0) is 18.2. The molecule has 0 fully saturated rings. The van der Waals surface area contributed by atoms with Gasteiger partial charge in [-0.05, 0) is 54.5 Å². The molecule has 2 aromatic rings. The highest BCUT2D eigenvalue weighted by atomic mass is 35.5. The van der Waals surface area contributed by atoms with Crippen LogP contribution in [0.1, 0.15) is 11.1 Å². The summed E-state index contributed by atoms with van der Waals surface area (Å²) in [4.78, 5) is 12.0. The number of methoxy groups -OCH3 is 1. The quantitative estimate of drug-likeness (QED) is 0.440. The van der Waals surface area contributed by atoms with Crippen LogP contribution in [0.25, 0.3) is 6.08 Å². The maximum Gasteiger partial charge on any atom is 0.349 e. The fraction of sp³-hybridized carbons (Fsp3) is 0.158. The predicted octanol–water partition coefficient (Wildman–Crippen LogP) is 4.18. The lowest BCUT2D eigenvalue weighted by Crippen LogP contribution is -2.18. The Labute approximate surface area is 151 Å². The van der Waals surface area contributed by atoms with Gasteiger partial charge in [-0.1, -0.05) is 17.7 Å². The average Bonchev–Trinajstić information content (AvgIpc) is 2.61. The van der Waals surface area contributed by atoms with Gasteiger partial charge in [0, 0.05) is 11.1 Å². The van der Waals surface area contributed by atoms with Gasteiger partial charge in [0.2, 0.25) is 0 Å². The summed E-state index contributed by atoms with van der Waals surface area (Å²) in [5, 5.41) is 9.18. The molecule has 0 radical (unpaired) electrons. The van der Waals surface area contributed by atoms with Gasteiger partial charge in [0.25, 0.3) is 0 Å². The number of aryl methyl sites for hydroxylation is 1. The van der Waals surface area contributed by atoms with Crippen LogP contribution in [0.3, 0.4) is 0 Å². The summed E-state index contributed by atoms with van der Waals surface area (Å²) < 4.78 is 15.9. The van der Waals surface area contributed by atoms with Gasteiger partial charge in [0.05, 0.1) is 13.2 Å². The van der Waals surface area contributed by atoms with E-state index in [-0.39, 0.29) is 12.4 Å². The molecule has 0 spiro atoms. The molecule has 0 N–H and O–H groups in total. The zero-order valence-electron chi connectivity index (χ0n) is 13.8. The van der Waals surface area contributed by atoms with Crippen LogP contribution in [-0.4, -0.2) is 19.7 Å². The molecule has 0 saturated carbocycles. The number of hydrogen-bond donors (Lipinski definition) is 0. The fourth-order valence-corrected chi connectivity index (χ4v) is 2.12. The maximum atomic E-state index is 12.0. The molecule has 128 valence electrons. The first-order valence-electron chi connectivity index (χ1n) is 7.37. The van der Waals surface area contributed by atoms with E-state index in [1.54, 1.807) is 42.5 Å². The number of nitriles is 1. The van der Waals surface area contributed by atoms with Crippen LogP contribution in [0.4, 0.5) is 0 Å². The number of hydrogen-bond acceptors (Lipinski definition) is 5. The lowest BCUT2D eigenvalue weighted by molar-refractivity contribution is -0.136. The van der Waals surface area contributed by atoms with Gasteiger partial charge in [-0.15, -0.1) is 0 Å². The Morgan fingerprint density at radius 2 is 2.04 bits per heavy atom. The van der Waals surface area contributed by atoms with E-state index in [0.717, 1.165) is 11.1 Å². The Bertz CT molecular complexity index is 840. The highest BCUT2D eigenvalue weighted by molar-refractivity contribution is 6.31. The fourth-order valence-electron chi connectivity index (χ4n) is 2.01. The molecule has 6 heteroatoms. The third-order valence-electron chi connectivity index (χ3n) is 3.25. The lowest BCUT2D eigenvalue weighted by atomic mass is 10.2. The predicted molar refractivity (Wildman–Crippen MR) is 95.0 cm³/mol. The summed E-state index contributed by atoms with van der Waals surface area (Å²) in [5.41, 5.74) is 1.61. The molecule has 0 saturated heterocycles. The number of rotatable bonds is 6. The molecular formula is C19H16ClNO4. The van der Waals surface area contributed by atoms with E-state index in [2.05, 4.69) is 0 Å². The minimum absolute atomic E-state index is 0.250. The Hall–Kier alpha value is -2.97. The van der Waals surface area contributed by atoms with Crippen molar-refractivity contribution in [3.05, 3.63) is 58.6 Å². The van der Waals surface area contributed by atoms with Gasteiger partial charge in [-0.25, -0.2) is 4.79 Å². The third-order valence-corrected chi connectivity index (χ3v) is 3.67. The smallest absolute Gasteiger partial charge is 0.349 e. The number of benzene rings is 2. The Morgan fingerprint density at radius 3 is 2.72 bits per heavy atom. The van der Waals surface area contributed by atoms with Gasteiger partial charge < -0.3 is 14.2 Å². The van der Waals surface area contributed by atoms with Crippen LogP contribution < -0.4 is 14.2 Å². The van der Waals surface area contributed by atoms with Crippen LogP contribution in [0.2, 0.25) is 5.02 Å². The second-order valence-corrected chi connectivity index (χ2v) is 5.45. The van der Waals surface area contributed by atoms with Gasteiger partial charge in [0.15, 0.2) is 18.1 Å². The molecule has 0 unspecified atom stereocenters. The van der Waals surface area contributed by atoms with E-state index in [1.165, 1.54) is 13.2 Å². The summed E-state index contributed by atoms with van der Waals surface area (Å²) in [5.74, 6) is 0.627. The molecule has 0 atom stereocenters. The molecule has 2 rings (SSSR count). The van der Waals surface area contributed by atoms with Crippen molar-refractivity contribution in [3.8, 4) is 23.3 Å². The van der Waals surface area contributed by atoms with Crippen molar-refractivity contribution in [2.45, 2.75) is 6.92 Å². The molecule has 0 bridgehead atoms. The van der Waals surface area contributed by atoms with E-state index >= 15 is 0 Å². The molecule has 25 heavy (non-hydrogen) atoms. The highest BCUT2D eigenvalue weighted by Crippen LogP contribution is 2.29. The number of carbonyl (C=O) groups is 1. The number of ether oxygens (including phenoxy) is 3. The van der Waals surface area contributed by atoms with E-state index in [9.17, 15) is 4.79 Å². The SMILES string of the molecule is COc1cc(/C=C\C#N)ccc1OC(=O)COc1ccc(Cl)c(C)c1. The van der Waals surface area contributed by atoms with Crippen LogP contribution in [-0.2, 0) is 4.79 Å². The summed E-state index contributed by atoms with van der Waals surface area (Å²) in [6, 6.07) is 12.0. The molecule has 0 amide bonds. The second-order valence-electron chi connectivity index (χ2n) is 5.05. The molecule has 0 aliphatic carbocycles. The van der Waals surface area contributed by atoms with E-state index < -0.39 is 5.97 Å². The summed E-state index contributed by atoms with van der Waals surface area (Å²) >= 11 is 5.94. The van der Waals surface area contributed by atoms with Crippen molar-refractivity contribution in [1.82, 2.24) is 0 Å². The summed E-state index contributed by atoms with van der Waals surface area (Å²) in [6.45, 7) is 1.60. The minimum Gasteiger partial charge on any atom is -0.493 e. The lowest BCUT2D eigenvalue weighted by Gasteiger charge is -2.11. The summed E-state index contributed by atoms with van der Waals surface area (Å²) in [7, 11) is 1.47. The van der Waals surface area contributed by atoms with Crippen molar-refractivity contribution in [2.24, 2.45) is 0 Å². The second kappa shape index (κ2) is 8.76. The van der Waals surface area contributed by atoms with E-state index in [4.69, 9.17) is 31.1 Å². The molecule has 0 aliphatic heterocycles. The third kappa shape index (κ3) is 5.27. The van der Waals surface area contributed by atoms with Gasteiger partial charge in [-0.3, -0.25) is 0 Å². The number of nitrogens with zero attached hydrogens (tertiary/aromatic N) is 1. The first-order chi connectivity index (χ1) is 12.0. The van der Waals surface area contributed by atoms with Gasteiger partial charge in [-0.2, -0.15) is 5.26 Å². The maximum absolute atomic E-state index is 12.0. The first kappa shape index (κ1) is 18.4.